The molecule has 0 unspecified atom stereocenters. The molecule has 31 heavy (non-hydrogen) atoms. The Hall–Kier alpha value is -2.31. The maximum Gasteiger partial charge on any atom is 0.251 e. The van der Waals surface area contributed by atoms with Gasteiger partial charge in [-0.2, -0.15) is 0 Å². The molecule has 170 valence electrons. The summed E-state index contributed by atoms with van der Waals surface area (Å²) in [7, 11) is -0.117. The lowest BCUT2D eigenvalue weighted by Gasteiger charge is -2.22. The van der Waals surface area contributed by atoms with Crippen molar-refractivity contribution in [3.63, 3.8) is 0 Å². The van der Waals surface area contributed by atoms with E-state index in [9.17, 15) is 13.2 Å². The number of rotatable bonds is 11. The van der Waals surface area contributed by atoms with Crippen LogP contribution in [0, 0.1) is 23.7 Å². The number of carbonyl (C=O) groups is 1. The highest BCUT2D eigenvalue weighted by Crippen LogP contribution is 2.31. The van der Waals surface area contributed by atoms with Crippen molar-refractivity contribution >= 4 is 27.6 Å². The molecule has 0 bridgehead atoms. The average molecular weight is 448 g/mol. The number of amides is 1. The van der Waals surface area contributed by atoms with Crippen LogP contribution in [0.1, 0.15) is 42.5 Å². The van der Waals surface area contributed by atoms with Gasteiger partial charge in [-0.15, -0.1) is 0 Å². The third-order valence-electron chi connectivity index (χ3n) is 5.41. The van der Waals surface area contributed by atoms with Gasteiger partial charge < -0.3 is 15.5 Å². The first-order valence-corrected chi connectivity index (χ1v) is 12.7. The maximum absolute atomic E-state index is 12.7. The summed E-state index contributed by atoms with van der Waals surface area (Å²) in [5.74, 6) is 8.18. The SMILES string of the molecule is CN(CC1CC1)c1cc(C(=O)NCCCNCC#CC2CC2)cc(N(C)S(C)(=O)=O)n1. The number of nitrogens with one attached hydrogen (secondary N) is 2. The lowest BCUT2D eigenvalue weighted by molar-refractivity contribution is 0.0953. The Bertz CT molecular complexity index is 946. The van der Waals surface area contributed by atoms with Gasteiger partial charge in [0.25, 0.3) is 5.91 Å². The fourth-order valence-electron chi connectivity index (χ4n) is 3.03. The number of nitrogens with zero attached hydrogens (tertiary/aromatic N) is 3. The molecular weight excluding hydrogens is 414 g/mol. The van der Waals surface area contributed by atoms with E-state index in [0.717, 1.165) is 30.1 Å². The minimum absolute atomic E-state index is 0.236. The van der Waals surface area contributed by atoms with Crippen molar-refractivity contribution in [1.29, 1.82) is 0 Å². The van der Waals surface area contributed by atoms with E-state index in [1.54, 1.807) is 6.07 Å². The minimum atomic E-state index is -3.48. The van der Waals surface area contributed by atoms with E-state index in [2.05, 4.69) is 27.5 Å². The number of anilines is 2. The normalized spacial score (nSPS) is 15.7. The number of hydrogen-bond donors (Lipinski definition) is 2. The van der Waals surface area contributed by atoms with E-state index in [-0.39, 0.29) is 11.7 Å². The number of carbonyl (C=O) groups excluding carboxylic acids is 1. The zero-order chi connectivity index (χ0) is 22.4. The van der Waals surface area contributed by atoms with Gasteiger partial charge in [-0.3, -0.25) is 9.10 Å². The van der Waals surface area contributed by atoms with Crippen molar-refractivity contribution in [2.75, 3.05) is 55.7 Å². The number of hydrogen-bond acceptors (Lipinski definition) is 6. The van der Waals surface area contributed by atoms with E-state index in [1.165, 1.54) is 38.8 Å². The predicted octanol–water partition coefficient (Wildman–Crippen LogP) is 1.45. The van der Waals surface area contributed by atoms with Crippen LogP contribution in [0.5, 0.6) is 0 Å². The summed E-state index contributed by atoms with van der Waals surface area (Å²) in [6.07, 6.45) is 6.76. The molecule has 2 aliphatic carbocycles. The van der Waals surface area contributed by atoms with Crippen molar-refractivity contribution in [2.24, 2.45) is 11.8 Å². The van der Waals surface area contributed by atoms with Gasteiger partial charge in [0.1, 0.15) is 11.6 Å². The van der Waals surface area contributed by atoms with Crippen molar-refractivity contribution in [1.82, 2.24) is 15.6 Å². The van der Waals surface area contributed by atoms with Gasteiger partial charge in [0.15, 0.2) is 0 Å². The Labute approximate surface area is 185 Å². The van der Waals surface area contributed by atoms with Crippen LogP contribution in [0.3, 0.4) is 0 Å². The Morgan fingerprint density at radius 3 is 2.52 bits per heavy atom. The number of aromatic nitrogens is 1. The average Bonchev–Trinajstić information content (AvgIpc) is 3.64. The minimum Gasteiger partial charge on any atom is -0.359 e. The molecule has 1 aromatic heterocycles. The van der Waals surface area contributed by atoms with Crippen molar-refractivity contribution in [3.8, 4) is 11.8 Å². The van der Waals surface area contributed by atoms with Gasteiger partial charge in [0, 0.05) is 38.7 Å². The summed E-state index contributed by atoms with van der Waals surface area (Å²) in [4.78, 5) is 19.2. The second kappa shape index (κ2) is 10.3. The second-order valence-electron chi connectivity index (χ2n) is 8.51. The molecule has 0 spiro atoms. The highest BCUT2D eigenvalue weighted by Gasteiger charge is 2.25. The third-order valence-corrected chi connectivity index (χ3v) is 6.60. The highest BCUT2D eigenvalue weighted by molar-refractivity contribution is 7.92. The van der Waals surface area contributed by atoms with Gasteiger partial charge in [-0.25, -0.2) is 13.4 Å². The summed E-state index contributed by atoms with van der Waals surface area (Å²) < 4.78 is 25.1. The fraction of sp³-hybridized carbons (Fsp3) is 0.636. The molecule has 0 saturated heterocycles. The summed E-state index contributed by atoms with van der Waals surface area (Å²) >= 11 is 0. The smallest absolute Gasteiger partial charge is 0.251 e. The Morgan fingerprint density at radius 1 is 1.16 bits per heavy atom. The molecule has 0 atom stereocenters. The molecule has 0 aromatic carbocycles. The molecule has 2 fully saturated rings. The zero-order valence-corrected chi connectivity index (χ0v) is 19.5. The van der Waals surface area contributed by atoms with E-state index in [0.29, 0.717) is 36.3 Å². The summed E-state index contributed by atoms with van der Waals surface area (Å²) in [6, 6.07) is 3.25. The predicted molar refractivity (Wildman–Crippen MR) is 124 cm³/mol. The first-order chi connectivity index (χ1) is 14.7. The molecule has 2 N–H and O–H groups in total. The standard InChI is InChI=1S/C22H33N5O3S/c1-26(16-18-9-10-18)20-14-19(15-21(25-20)27(2)31(3,29)30)22(28)24-13-5-12-23-11-4-6-17-7-8-17/h14-15,17-18,23H,5,7-13,16H2,1-3H3,(H,24,28). The summed E-state index contributed by atoms with van der Waals surface area (Å²) in [6.45, 7) is 2.81. The van der Waals surface area contributed by atoms with Gasteiger partial charge in [0.05, 0.1) is 12.8 Å². The topological polar surface area (TPSA) is 94.6 Å². The van der Waals surface area contributed by atoms with E-state index >= 15 is 0 Å². The van der Waals surface area contributed by atoms with Crippen LogP contribution < -0.4 is 19.8 Å². The van der Waals surface area contributed by atoms with Crippen LogP contribution in [-0.2, 0) is 10.0 Å². The number of sulfonamides is 1. The van der Waals surface area contributed by atoms with E-state index in [1.807, 2.05) is 11.9 Å². The van der Waals surface area contributed by atoms with Crippen LogP contribution in [-0.4, -0.2) is 65.8 Å². The van der Waals surface area contributed by atoms with Crippen LogP contribution in [0.25, 0.3) is 0 Å². The molecule has 3 rings (SSSR count). The molecule has 2 aliphatic rings. The molecule has 0 aliphatic heterocycles. The van der Waals surface area contributed by atoms with Crippen molar-refractivity contribution < 1.29 is 13.2 Å². The molecule has 0 radical (unpaired) electrons. The largest absolute Gasteiger partial charge is 0.359 e. The van der Waals surface area contributed by atoms with Crippen LogP contribution in [0.2, 0.25) is 0 Å². The molecular formula is C22H33N5O3S. The van der Waals surface area contributed by atoms with Crippen LogP contribution in [0.4, 0.5) is 11.6 Å². The molecule has 8 nitrogen and oxygen atoms in total. The zero-order valence-electron chi connectivity index (χ0n) is 18.6. The number of pyridine rings is 1. The van der Waals surface area contributed by atoms with Gasteiger partial charge in [0.2, 0.25) is 10.0 Å². The maximum atomic E-state index is 12.7. The molecule has 1 amide bonds. The van der Waals surface area contributed by atoms with Crippen molar-refractivity contribution in [3.05, 3.63) is 17.7 Å². The van der Waals surface area contributed by atoms with E-state index < -0.39 is 10.0 Å². The lowest BCUT2D eigenvalue weighted by Crippen LogP contribution is -2.30. The first-order valence-electron chi connectivity index (χ1n) is 10.9. The molecule has 1 heterocycles. The molecule has 9 heteroatoms. The Morgan fingerprint density at radius 2 is 1.87 bits per heavy atom. The van der Waals surface area contributed by atoms with Crippen LogP contribution in [0.15, 0.2) is 12.1 Å². The summed E-state index contributed by atoms with van der Waals surface area (Å²) in [5, 5.41) is 6.17. The second-order valence-corrected chi connectivity index (χ2v) is 10.5. The molecule has 1 aromatic rings. The quantitative estimate of drug-likeness (QED) is 0.394. The first kappa shape index (κ1) is 23.4. The summed E-state index contributed by atoms with van der Waals surface area (Å²) in [5.41, 5.74) is 0.404. The van der Waals surface area contributed by atoms with E-state index in [4.69, 9.17) is 0 Å². The van der Waals surface area contributed by atoms with Gasteiger partial charge >= 0.3 is 0 Å². The Kier molecular flexibility index (Phi) is 7.79. The van der Waals surface area contributed by atoms with Gasteiger partial charge in [-0.1, -0.05) is 11.8 Å². The molecule has 2 saturated carbocycles. The highest BCUT2D eigenvalue weighted by atomic mass is 32.2. The van der Waals surface area contributed by atoms with Crippen molar-refractivity contribution in [2.45, 2.75) is 32.1 Å². The third kappa shape index (κ3) is 7.71. The van der Waals surface area contributed by atoms with Crippen LogP contribution >= 0.6 is 0 Å². The van der Waals surface area contributed by atoms with Gasteiger partial charge in [-0.05, 0) is 56.7 Å². The Balaban J connectivity index is 1.58. The fourth-order valence-corrected chi connectivity index (χ4v) is 3.47. The lowest BCUT2D eigenvalue weighted by atomic mass is 10.2. The monoisotopic (exact) mass is 447 g/mol.